The number of hydrogen-bond acceptors (Lipinski definition) is 5. The minimum atomic E-state index is -3.88. The first-order valence-electron chi connectivity index (χ1n) is 11.3. The van der Waals surface area contributed by atoms with Crippen LogP contribution >= 0.6 is 0 Å². The minimum absolute atomic E-state index is 0.0423. The van der Waals surface area contributed by atoms with Crippen molar-refractivity contribution in [3.8, 4) is 11.5 Å². The van der Waals surface area contributed by atoms with Crippen LogP contribution in [0.3, 0.4) is 0 Å². The third kappa shape index (κ3) is 5.68. The number of nitrogens with zero attached hydrogens (tertiary/aromatic N) is 1. The first-order chi connectivity index (χ1) is 15.7. The Morgan fingerprint density at radius 2 is 1.73 bits per heavy atom. The average molecular weight is 475 g/mol. The smallest absolute Gasteiger partial charge is 0.257 e. The van der Waals surface area contributed by atoms with Gasteiger partial charge < -0.3 is 14.4 Å². The Kier molecular flexibility index (Phi) is 8.02. The van der Waals surface area contributed by atoms with Crippen LogP contribution in [0.1, 0.15) is 60.6 Å². The zero-order valence-corrected chi connectivity index (χ0v) is 20.9. The molecule has 1 aliphatic heterocycles. The van der Waals surface area contributed by atoms with Crippen molar-refractivity contribution in [1.82, 2.24) is 9.62 Å². The number of nitrogens with one attached hydrogen (secondary N) is 1. The van der Waals surface area contributed by atoms with E-state index >= 15 is 0 Å². The summed E-state index contributed by atoms with van der Waals surface area (Å²) in [5.74, 6) is 1.50. The standard InChI is InChI=1S/C25H34N2O5S/c1-6-22(19-7-9-23(31-4)18(3)15-19)26-33(29,30)20-8-10-24(32-5)21(16-20)25(28)27-13-11-17(2)12-14-27/h7-10,15-17,22,26H,6,11-14H2,1-5H3/t22-/m0/s1. The van der Waals surface area contributed by atoms with Crippen LogP contribution in [0, 0.1) is 12.8 Å². The fourth-order valence-corrected chi connectivity index (χ4v) is 5.50. The Hall–Kier alpha value is -2.58. The SMILES string of the molecule is CC[C@H](NS(=O)(=O)c1ccc(OC)c(C(=O)N2CCC(C)CC2)c1)c1ccc(OC)c(C)c1. The molecule has 180 valence electrons. The van der Waals surface area contributed by atoms with Gasteiger partial charge in [0.1, 0.15) is 11.5 Å². The molecule has 1 aliphatic rings. The molecule has 0 saturated carbocycles. The highest BCUT2D eigenvalue weighted by Crippen LogP contribution is 2.29. The number of likely N-dealkylation sites (tertiary alicyclic amines) is 1. The number of ether oxygens (including phenoxy) is 2. The second kappa shape index (κ2) is 10.6. The molecule has 2 aromatic rings. The molecule has 1 heterocycles. The van der Waals surface area contributed by atoms with Crippen molar-refractivity contribution >= 4 is 15.9 Å². The summed E-state index contributed by atoms with van der Waals surface area (Å²) in [6, 6.07) is 9.66. The fourth-order valence-electron chi connectivity index (χ4n) is 4.16. The van der Waals surface area contributed by atoms with Gasteiger partial charge in [-0.25, -0.2) is 13.1 Å². The summed E-state index contributed by atoms with van der Waals surface area (Å²) in [5, 5.41) is 0. The molecule has 1 saturated heterocycles. The molecule has 0 unspecified atom stereocenters. The molecule has 3 rings (SSSR count). The lowest BCUT2D eigenvalue weighted by molar-refractivity contribution is 0.0693. The lowest BCUT2D eigenvalue weighted by Gasteiger charge is -2.30. The number of carbonyl (C=O) groups is 1. The van der Waals surface area contributed by atoms with Gasteiger partial charge in [-0.15, -0.1) is 0 Å². The fraction of sp³-hybridized carbons (Fsp3) is 0.480. The van der Waals surface area contributed by atoms with Crippen molar-refractivity contribution in [2.24, 2.45) is 5.92 Å². The summed E-state index contributed by atoms with van der Waals surface area (Å²) in [4.78, 5) is 15.0. The molecular weight excluding hydrogens is 440 g/mol. The third-order valence-corrected chi connectivity index (χ3v) is 7.78. The summed E-state index contributed by atoms with van der Waals surface area (Å²) >= 11 is 0. The molecule has 1 atom stereocenters. The van der Waals surface area contributed by atoms with E-state index in [-0.39, 0.29) is 16.4 Å². The van der Waals surface area contributed by atoms with Gasteiger partial charge in [-0.3, -0.25) is 4.79 Å². The van der Waals surface area contributed by atoms with Crippen molar-refractivity contribution in [2.45, 2.75) is 51.0 Å². The largest absolute Gasteiger partial charge is 0.496 e. The van der Waals surface area contributed by atoms with Crippen LogP contribution in [0.15, 0.2) is 41.3 Å². The molecule has 33 heavy (non-hydrogen) atoms. The molecule has 1 N–H and O–H groups in total. The maximum atomic E-state index is 13.3. The highest BCUT2D eigenvalue weighted by Gasteiger charge is 2.27. The Balaban J connectivity index is 1.88. The molecule has 2 aromatic carbocycles. The second-order valence-corrected chi connectivity index (χ2v) is 10.4. The maximum absolute atomic E-state index is 13.3. The van der Waals surface area contributed by atoms with Crippen molar-refractivity contribution in [3.05, 3.63) is 53.1 Å². The predicted octanol–water partition coefficient (Wildman–Crippen LogP) is 4.31. The van der Waals surface area contributed by atoms with E-state index in [2.05, 4.69) is 11.6 Å². The number of piperidine rings is 1. The van der Waals surface area contributed by atoms with E-state index in [1.807, 2.05) is 32.0 Å². The molecule has 7 nitrogen and oxygen atoms in total. The quantitative estimate of drug-likeness (QED) is 0.616. The summed E-state index contributed by atoms with van der Waals surface area (Å²) in [6.45, 7) is 7.34. The number of aryl methyl sites for hydroxylation is 1. The highest BCUT2D eigenvalue weighted by atomic mass is 32.2. The number of sulfonamides is 1. The van der Waals surface area contributed by atoms with E-state index in [9.17, 15) is 13.2 Å². The summed E-state index contributed by atoms with van der Waals surface area (Å²) in [6.07, 6.45) is 2.44. The molecule has 0 aliphatic carbocycles. The van der Waals surface area contributed by atoms with Crippen LogP contribution in [0.25, 0.3) is 0 Å². The number of methoxy groups -OCH3 is 2. The summed E-state index contributed by atoms with van der Waals surface area (Å²) < 4.78 is 40.0. The van der Waals surface area contributed by atoms with E-state index in [4.69, 9.17) is 9.47 Å². The Morgan fingerprint density at radius 1 is 1.09 bits per heavy atom. The Labute approximate surface area is 197 Å². The second-order valence-electron chi connectivity index (χ2n) is 8.65. The summed E-state index contributed by atoms with van der Waals surface area (Å²) in [7, 11) is -0.788. The van der Waals surface area contributed by atoms with Gasteiger partial charge in [0, 0.05) is 19.1 Å². The van der Waals surface area contributed by atoms with Crippen LogP contribution in [-0.4, -0.2) is 46.5 Å². The van der Waals surface area contributed by atoms with E-state index in [0.29, 0.717) is 31.2 Å². The third-order valence-electron chi connectivity index (χ3n) is 6.31. The van der Waals surface area contributed by atoms with Gasteiger partial charge in [-0.2, -0.15) is 0 Å². The molecule has 0 radical (unpaired) electrons. The topological polar surface area (TPSA) is 84.9 Å². The molecule has 0 bridgehead atoms. The van der Waals surface area contributed by atoms with Crippen molar-refractivity contribution in [2.75, 3.05) is 27.3 Å². The lowest BCUT2D eigenvalue weighted by atomic mass is 9.98. The van der Waals surface area contributed by atoms with E-state index in [1.54, 1.807) is 18.1 Å². The maximum Gasteiger partial charge on any atom is 0.257 e. The first kappa shape index (κ1) is 25.1. The molecular formula is C25H34N2O5S. The van der Waals surface area contributed by atoms with Gasteiger partial charge in [0.15, 0.2) is 0 Å². The molecule has 1 amide bonds. The van der Waals surface area contributed by atoms with Gasteiger partial charge in [-0.05, 0) is 67.5 Å². The van der Waals surface area contributed by atoms with Crippen LogP contribution in [0.5, 0.6) is 11.5 Å². The first-order valence-corrected chi connectivity index (χ1v) is 12.8. The molecule has 1 fully saturated rings. The summed E-state index contributed by atoms with van der Waals surface area (Å²) in [5.41, 5.74) is 2.05. The Bertz CT molecular complexity index is 1090. The van der Waals surface area contributed by atoms with Crippen molar-refractivity contribution in [3.63, 3.8) is 0 Å². The van der Waals surface area contributed by atoms with Crippen molar-refractivity contribution < 1.29 is 22.7 Å². The van der Waals surface area contributed by atoms with E-state index in [0.717, 1.165) is 29.7 Å². The number of hydrogen-bond donors (Lipinski definition) is 1. The zero-order chi connectivity index (χ0) is 24.2. The average Bonchev–Trinajstić information content (AvgIpc) is 2.82. The van der Waals surface area contributed by atoms with Crippen LogP contribution in [-0.2, 0) is 10.0 Å². The van der Waals surface area contributed by atoms with E-state index < -0.39 is 16.1 Å². The van der Waals surface area contributed by atoms with Gasteiger partial charge >= 0.3 is 0 Å². The normalized spacial score (nSPS) is 15.8. The van der Waals surface area contributed by atoms with Crippen LogP contribution < -0.4 is 14.2 Å². The highest BCUT2D eigenvalue weighted by molar-refractivity contribution is 7.89. The molecule has 0 spiro atoms. The molecule has 8 heteroatoms. The lowest BCUT2D eigenvalue weighted by Crippen LogP contribution is -2.38. The van der Waals surface area contributed by atoms with Gasteiger partial charge in [0.2, 0.25) is 10.0 Å². The van der Waals surface area contributed by atoms with Crippen LogP contribution in [0.4, 0.5) is 0 Å². The zero-order valence-electron chi connectivity index (χ0n) is 20.1. The monoisotopic (exact) mass is 474 g/mol. The minimum Gasteiger partial charge on any atom is -0.496 e. The number of carbonyl (C=O) groups excluding carboxylic acids is 1. The van der Waals surface area contributed by atoms with Gasteiger partial charge in [0.05, 0.1) is 24.7 Å². The van der Waals surface area contributed by atoms with E-state index in [1.165, 1.54) is 19.2 Å². The number of benzene rings is 2. The van der Waals surface area contributed by atoms with Gasteiger partial charge in [-0.1, -0.05) is 26.0 Å². The van der Waals surface area contributed by atoms with Crippen LogP contribution in [0.2, 0.25) is 0 Å². The predicted molar refractivity (Wildman–Crippen MR) is 128 cm³/mol. The van der Waals surface area contributed by atoms with Gasteiger partial charge in [0.25, 0.3) is 5.91 Å². The number of rotatable bonds is 8. The number of amides is 1. The van der Waals surface area contributed by atoms with Crippen molar-refractivity contribution in [1.29, 1.82) is 0 Å². The Morgan fingerprint density at radius 3 is 2.30 bits per heavy atom. The molecule has 0 aromatic heterocycles.